The quantitative estimate of drug-likeness (QED) is 0.00331. The number of allylic oxidation sites excluding steroid dienone is 4. The third-order valence-corrected chi connectivity index (χ3v) is 22.3. The van der Waals surface area contributed by atoms with Crippen LogP contribution in [0.25, 0.3) is 0 Å². The largest absolute Gasteiger partial charge is 2.00 e. The molecule has 4 aromatic rings. The summed E-state index contributed by atoms with van der Waals surface area (Å²) in [7, 11) is -4.65. The monoisotopic (exact) mass is 1650 g/mol. The van der Waals surface area contributed by atoms with Gasteiger partial charge in [-0.05, 0) is 132 Å². The molecule has 0 amide bonds. The second-order valence-electron chi connectivity index (χ2n) is 28.4. The smallest absolute Gasteiger partial charge is 0.480 e. The number of unbranched alkanes of at least 4 members (excludes halogenated alkanes) is 5. The Morgan fingerprint density at radius 3 is 1.83 bits per heavy atom. The molecule has 0 bridgehead atoms. The number of quaternary nitrogens is 1. The molecule has 0 spiro atoms. The maximum Gasteiger partial charge on any atom is 2.00 e. The minimum absolute atomic E-state index is 0. The van der Waals surface area contributed by atoms with Gasteiger partial charge in [0.25, 0.3) is 10.1 Å². The minimum Gasteiger partial charge on any atom is -0.480 e. The van der Waals surface area contributed by atoms with Gasteiger partial charge in [0.15, 0.2) is 5.71 Å². The summed E-state index contributed by atoms with van der Waals surface area (Å²) in [6.45, 7) is 12.9. The number of ether oxygens (including phenoxy) is 1. The number of Topliss-reactive ketones (excluding diaryl/α,β-unsaturated/α-hetero) is 1. The summed E-state index contributed by atoms with van der Waals surface area (Å²) in [5.74, 6) is -3.94. The Labute approximate surface area is 662 Å². The van der Waals surface area contributed by atoms with Crippen LogP contribution < -0.4 is 20.3 Å². The number of aromatic amines is 2. The summed E-state index contributed by atoms with van der Waals surface area (Å²) in [6.07, 6.45) is 21.9. The van der Waals surface area contributed by atoms with E-state index < -0.39 is 98.0 Å². The van der Waals surface area contributed by atoms with E-state index in [1.807, 2.05) is 79.9 Å². The summed E-state index contributed by atoms with van der Waals surface area (Å²) >= 11 is 8.52. The molecule has 31 nitrogen and oxygen atoms in total. The van der Waals surface area contributed by atoms with Crippen molar-refractivity contribution in [3.63, 3.8) is 0 Å². The molecule has 15 N–H and O–H groups in total. The number of carboxylic acids is 5. The molecule has 0 fully saturated rings. The molecule has 2 aromatic heterocycles. The molecule has 2 aliphatic rings. The Kier molecular flexibility index (Phi) is 43.6. The number of ketones is 1. The fraction of sp³-hybridized carbons (Fsp3) is 0.575. The first-order valence-corrected chi connectivity index (χ1v) is 39.7. The SMILES string of the molecule is CCN1C(=CC=CC2=[N+](CCCCCC(C)N[C@H](Cc3cnc[nH]3)C(=O)O)c3ccc(S(=O)(=O)O)cc3C2(C)C)C(C)(C)c2cc(S(=O)(=O)NCCCC(=O)OCC[N+](C)(C)CN[C@@H](Cc3cnc[nH]3)C(=O)O)ccc21.O.O.O=C(O)CN(CC(=O)O)C(CCCCCC(=O)CCCCC(CS)CS)C(=O)O.[CH3-].[Co+2]. The standard InChI is InChI=1S/C53H74N10O11S2.C19H33NO7S2.CH3.Co.2H2O/c1-9-61-45-21-19-39(75(69,70)59-23-14-18-49(64)74-26-25-63(7,8)35-58-43(50(65)66)27-37-31-54-33-56-37)29-41(45)52(3,4)47(61)16-13-17-48-53(5,6)42-30-40(76(71,72)73)20-22-46(42)62(48)24-12-10-11-15-36(2)60-44(51(67)68)28-38-32-55-34-57-38;21-15(8-5-4-6-14(12-28)13-29)7-2-1-3-9-16(19(26)27)20(10-17(22)23)11-18(24)25;;;;/h13,16-17,19-22,29-34,36,43-44,58-60H,9-12,14-15,18,23-28,35H2,1-8H3,(H3-2,54,55,56,57,65,66,67,68,71,72,73);14,16,28-29H,1-13H2,(H,22,23)(H,24,25)(H,26,27);1H3;;2*1H2/q;;-1;+2;;/p+2/t36?,43-,44+;;;;;/m0...../s1. The third-order valence-electron chi connectivity index (χ3n) is 19.0. The van der Waals surface area contributed by atoms with Gasteiger partial charge in [-0.1, -0.05) is 45.6 Å². The van der Waals surface area contributed by atoms with Crippen LogP contribution in [0.3, 0.4) is 0 Å². The van der Waals surface area contributed by atoms with Gasteiger partial charge in [-0.25, -0.2) is 23.1 Å². The molecule has 36 heteroatoms. The summed E-state index contributed by atoms with van der Waals surface area (Å²) in [6, 6.07) is 6.97. The number of rotatable bonds is 49. The predicted molar refractivity (Wildman–Crippen MR) is 417 cm³/mol. The maximum atomic E-state index is 13.7. The van der Waals surface area contributed by atoms with Gasteiger partial charge in [-0.15, -0.1) is 0 Å². The van der Waals surface area contributed by atoms with Gasteiger partial charge in [0.05, 0.1) is 55.0 Å². The number of carboxylic acid groups (broad SMARTS) is 5. The average molecular weight is 1650 g/mol. The Bertz CT molecular complexity index is 3880. The number of thiol groups is 2. The molecule has 2 aliphatic heterocycles. The zero-order chi connectivity index (χ0) is 77.9. The van der Waals surface area contributed by atoms with E-state index in [0.717, 1.165) is 101 Å². The van der Waals surface area contributed by atoms with Crippen molar-refractivity contribution in [1.29, 1.82) is 0 Å². The van der Waals surface area contributed by atoms with E-state index in [1.165, 1.54) is 24.8 Å². The van der Waals surface area contributed by atoms with E-state index >= 15 is 0 Å². The number of likely N-dealkylation sites (N-methyl/N-ethyl adjacent to an activating group) is 2. The first-order valence-electron chi connectivity index (χ1n) is 35.5. The van der Waals surface area contributed by atoms with Crippen LogP contribution in [0.5, 0.6) is 0 Å². The predicted octanol–water partition coefficient (Wildman–Crippen LogP) is 6.43. The number of nitrogens with one attached hydrogen (secondary N) is 5. The van der Waals surface area contributed by atoms with Crippen molar-refractivity contribution >= 4 is 104 Å². The molecule has 6 rings (SSSR count). The van der Waals surface area contributed by atoms with Crippen molar-refractivity contribution in [2.24, 2.45) is 5.92 Å². The van der Waals surface area contributed by atoms with Crippen LogP contribution in [-0.4, -0.2) is 241 Å². The molecule has 4 heterocycles. The summed E-state index contributed by atoms with van der Waals surface area (Å²) in [4.78, 5) is 98.3. The van der Waals surface area contributed by atoms with E-state index in [-0.39, 0.29) is 95.6 Å². The van der Waals surface area contributed by atoms with Gasteiger partial charge in [-0.2, -0.15) is 38.3 Å². The van der Waals surface area contributed by atoms with E-state index in [4.69, 9.17) is 14.9 Å². The van der Waals surface area contributed by atoms with E-state index in [2.05, 4.69) is 70.0 Å². The molecule has 0 saturated heterocycles. The number of benzene rings is 2. The number of H-pyrrole nitrogens is 2. The molecule has 0 saturated carbocycles. The van der Waals surface area contributed by atoms with Crippen LogP contribution >= 0.6 is 25.3 Å². The molecular weight excluding hydrogens is 1540 g/mol. The van der Waals surface area contributed by atoms with Gasteiger partial charge in [0.2, 0.25) is 15.7 Å². The molecular formula is C73H116CoN11O20S4+3. The molecule has 2 aromatic carbocycles. The van der Waals surface area contributed by atoms with Crippen LogP contribution in [0, 0.1) is 13.3 Å². The first kappa shape index (κ1) is 100. The number of carbonyl (C=O) groups is 7. The summed E-state index contributed by atoms with van der Waals surface area (Å²) in [5.41, 5.74) is 5.33. The number of sulfonamides is 1. The van der Waals surface area contributed by atoms with Crippen LogP contribution in [0.2, 0.25) is 0 Å². The molecule has 1 radical (unpaired) electrons. The first-order chi connectivity index (χ1) is 49.4. The van der Waals surface area contributed by atoms with Crippen molar-refractivity contribution in [1.82, 2.24) is 40.2 Å². The Morgan fingerprint density at radius 2 is 1.28 bits per heavy atom. The normalized spacial score (nSPS) is 15.1. The zero-order valence-corrected chi connectivity index (χ0v) is 68.3. The molecule has 613 valence electrons. The van der Waals surface area contributed by atoms with Gasteiger partial charge in [0, 0.05) is 116 Å². The van der Waals surface area contributed by atoms with Crippen LogP contribution in [0.4, 0.5) is 11.4 Å². The second-order valence-corrected chi connectivity index (χ2v) is 32.4. The molecule has 4 atom stereocenters. The van der Waals surface area contributed by atoms with Crippen molar-refractivity contribution in [2.45, 2.75) is 195 Å². The number of aliphatic carboxylic acids is 5. The van der Waals surface area contributed by atoms with Gasteiger partial charge >= 0.3 is 52.6 Å². The average Bonchev–Trinajstić information content (AvgIpc) is 1.59. The van der Waals surface area contributed by atoms with E-state index in [0.29, 0.717) is 80.9 Å². The fourth-order valence-corrected chi connectivity index (χ4v) is 15.4. The number of imidazole rings is 2. The van der Waals surface area contributed by atoms with Crippen LogP contribution in [0.1, 0.15) is 160 Å². The molecule has 2 unspecified atom stereocenters. The number of nitrogens with zero attached hydrogens (tertiary/aromatic N) is 6. The minimum atomic E-state index is -4.47. The zero-order valence-electron chi connectivity index (χ0n) is 63.8. The van der Waals surface area contributed by atoms with E-state index in [9.17, 15) is 70.3 Å². The van der Waals surface area contributed by atoms with Gasteiger partial charge in [0.1, 0.15) is 50.3 Å². The second kappa shape index (κ2) is 47.4. The Balaban J connectivity index is 0.00000153. The number of aromatic nitrogens is 4. The number of anilines is 1. The number of carbonyl (C=O) groups excluding carboxylic acids is 2. The van der Waals surface area contributed by atoms with Crippen LogP contribution in [0.15, 0.2) is 95.2 Å². The van der Waals surface area contributed by atoms with Crippen molar-refractivity contribution in [3.8, 4) is 0 Å². The number of esters is 1. The summed E-state index contributed by atoms with van der Waals surface area (Å²) < 4.78 is 72.6. The Morgan fingerprint density at radius 1 is 0.725 bits per heavy atom. The topological polar surface area (TPSA) is 484 Å². The molecule has 109 heavy (non-hydrogen) atoms. The van der Waals surface area contributed by atoms with Crippen molar-refractivity contribution in [2.75, 3.05) is 83.0 Å². The third kappa shape index (κ3) is 31.6. The number of hydrogen-bond acceptors (Lipinski definition) is 20. The van der Waals surface area contributed by atoms with Crippen molar-refractivity contribution in [3.05, 3.63) is 115 Å². The fourth-order valence-electron chi connectivity index (χ4n) is 13.0. The summed E-state index contributed by atoms with van der Waals surface area (Å²) in [5, 5.41) is 52.8. The van der Waals surface area contributed by atoms with Gasteiger partial charge < -0.3 is 73.3 Å². The number of fused-ring (bicyclic) bond motifs is 2. The number of hydrogen-bond donors (Lipinski definition) is 13. The van der Waals surface area contributed by atoms with Crippen molar-refractivity contribution < 1.29 is 122 Å². The molecule has 0 aliphatic carbocycles. The van der Waals surface area contributed by atoms with Crippen LogP contribution in [-0.2, 0) is 98.9 Å². The van der Waals surface area contributed by atoms with E-state index in [1.54, 1.807) is 30.6 Å². The van der Waals surface area contributed by atoms with Gasteiger partial charge in [-0.3, -0.25) is 48.3 Å². The Hall–Kier alpha value is -6.91. The maximum absolute atomic E-state index is 13.7.